The fourth-order valence-corrected chi connectivity index (χ4v) is 6.40. The summed E-state index contributed by atoms with van der Waals surface area (Å²) in [6, 6.07) is 10.4. The van der Waals surface area contributed by atoms with Crippen LogP contribution in [-0.2, 0) is 21.2 Å². The summed E-state index contributed by atoms with van der Waals surface area (Å²) in [6.07, 6.45) is 3.86. The molecule has 1 atom stereocenters. The summed E-state index contributed by atoms with van der Waals surface area (Å²) in [5.74, 6) is 1.31. The van der Waals surface area contributed by atoms with Crippen LogP contribution in [0.3, 0.4) is 0 Å². The number of hydrogen-bond donors (Lipinski definition) is 2. The summed E-state index contributed by atoms with van der Waals surface area (Å²) in [4.78, 5) is 18.3. The van der Waals surface area contributed by atoms with Gasteiger partial charge < -0.3 is 19.8 Å². The lowest BCUT2D eigenvalue weighted by Gasteiger charge is -2.47. The van der Waals surface area contributed by atoms with Crippen LogP contribution in [0.4, 0.5) is 0 Å². The predicted molar refractivity (Wildman–Crippen MR) is 140 cm³/mol. The SMILES string of the molecule is COc1cc2c(cc1OC)[C@H]1C=C(NNS(=O)(=O)c3ccc(C)cc3)C3=C(CC(C)(C)CC3=O)N1CC2. The largest absolute Gasteiger partial charge is 0.493 e. The maximum absolute atomic E-state index is 13.4. The highest BCUT2D eigenvalue weighted by Gasteiger charge is 2.42. The Balaban J connectivity index is 1.57. The molecule has 0 unspecified atom stereocenters. The van der Waals surface area contributed by atoms with Crippen LogP contribution in [0.1, 0.15) is 49.4 Å². The molecule has 0 radical (unpaired) electrons. The molecular formula is C28H33N3O5S. The molecule has 196 valence electrons. The van der Waals surface area contributed by atoms with Gasteiger partial charge in [-0.3, -0.25) is 4.79 Å². The van der Waals surface area contributed by atoms with Gasteiger partial charge in [0, 0.05) is 18.7 Å². The molecule has 3 aliphatic rings. The highest BCUT2D eigenvalue weighted by atomic mass is 32.2. The summed E-state index contributed by atoms with van der Waals surface area (Å²) in [5.41, 5.74) is 7.86. The molecule has 0 aromatic heterocycles. The van der Waals surface area contributed by atoms with Crippen LogP contribution in [-0.4, -0.2) is 39.9 Å². The zero-order valence-electron chi connectivity index (χ0n) is 21.8. The van der Waals surface area contributed by atoms with Gasteiger partial charge in [0.25, 0.3) is 10.0 Å². The van der Waals surface area contributed by atoms with E-state index in [9.17, 15) is 13.2 Å². The third-order valence-electron chi connectivity index (χ3n) is 7.37. The number of carbonyl (C=O) groups excluding carboxylic acids is 1. The number of Topliss-reactive ketones (excluding diaryl/α,β-unsaturated/α-hetero) is 1. The summed E-state index contributed by atoms with van der Waals surface area (Å²) in [6.45, 7) is 6.84. The highest BCUT2D eigenvalue weighted by molar-refractivity contribution is 7.89. The van der Waals surface area contributed by atoms with Crippen LogP contribution in [0.25, 0.3) is 0 Å². The molecule has 0 saturated carbocycles. The molecule has 2 aromatic rings. The summed E-state index contributed by atoms with van der Waals surface area (Å²) < 4.78 is 37.1. The van der Waals surface area contributed by atoms with Gasteiger partial charge in [-0.05, 0) is 66.6 Å². The number of allylic oxidation sites excluding steroid dienone is 2. The fraction of sp³-hybridized carbons (Fsp3) is 0.393. The van der Waals surface area contributed by atoms with E-state index >= 15 is 0 Å². The Morgan fingerprint density at radius 3 is 2.38 bits per heavy atom. The number of ketones is 1. The van der Waals surface area contributed by atoms with Crippen molar-refractivity contribution in [3.05, 3.63) is 76.1 Å². The summed E-state index contributed by atoms with van der Waals surface area (Å²) >= 11 is 0. The van der Waals surface area contributed by atoms with Crippen LogP contribution in [0.5, 0.6) is 11.5 Å². The molecule has 0 saturated heterocycles. The first-order valence-electron chi connectivity index (χ1n) is 12.4. The lowest BCUT2D eigenvalue weighted by Crippen LogP contribution is -2.46. The minimum atomic E-state index is -3.85. The second kappa shape index (κ2) is 9.22. The number of methoxy groups -OCH3 is 2. The molecule has 2 heterocycles. The first-order valence-corrected chi connectivity index (χ1v) is 13.9. The Hall–Kier alpha value is -3.30. The molecule has 0 spiro atoms. The quantitative estimate of drug-likeness (QED) is 0.554. The second-order valence-corrected chi connectivity index (χ2v) is 12.4. The van der Waals surface area contributed by atoms with E-state index < -0.39 is 10.0 Å². The highest BCUT2D eigenvalue weighted by Crippen LogP contribution is 2.48. The molecule has 2 N–H and O–H groups in total. The molecule has 1 aliphatic carbocycles. The van der Waals surface area contributed by atoms with Crippen molar-refractivity contribution in [3.8, 4) is 11.5 Å². The van der Waals surface area contributed by atoms with Crippen molar-refractivity contribution in [2.24, 2.45) is 5.41 Å². The van der Waals surface area contributed by atoms with Gasteiger partial charge in [-0.15, -0.1) is 4.83 Å². The molecule has 0 fully saturated rings. The Labute approximate surface area is 218 Å². The Kier molecular flexibility index (Phi) is 6.32. The third kappa shape index (κ3) is 4.62. The van der Waals surface area contributed by atoms with Crippen molar-refractivity contribution in [2.45, 2.75) is 51.0 Å². The average molecular weight is 524 g/mol. The van der Waals surface area contributed by atoms with Crippen molar-refractivity contribution in [2.75, 3.05) is 20.8 Å². The number of rotatable bonds is 6. The van der Waals surface area contributed by atoms with Crippen molar-refractivity contribution < 1.29 is 22.7 Å². The van der Waals surface area contributed by atoms with E-state index in [1.807, 2.05) is 25.1 Å². The van der Waals surface area contributed by atoms with Gasteiger partial charge in [-0.1, -0.05) is 31.5 Å². The minimum Gasteiger partial charge on any atom is -0.493 e. The first-order chi connectivity index (χ1) is 17.5. The molecule has 8 nitrogen and oxygen atoms in total. The van der Waals surface area contributed by atoms with Crippen molar-refractivity contribution in [1.29, 1.82) is 0 Å². The number of nitrogens with one attached hydrogen (secondary N) is 2. The Morgan fingerprint density at radius 2 is 1.70 bits per heavy atom. The summed E-state index contributed by atoms with van der Waals surface area (Å²) in [7, 11) is -0.622. The van der Waals surface area contributed by atoms with Crippen LogP contribution in [0.15, 0.2) is 64.3 Å². The average Bonchev–Trinajstić information content (AvgIpc) is 2.85. The standard InChI is InChI=1S/C28H33N3O5S/c1-17-6-8-19(9-7-17)37(33,34)30-29-21-14-22-20-13-26(36-5)25(35-4)12-18(20)10-11-31(22)23-15-28(2,3)16-24(32)27(21)23/h6-9,12-14,22,29-30H,10-11,15-16H2,1-5H3/t22-/m1/s1. The van der Waals surface area contributed by atoms with Crippen molar-refractivity contribution in [3.63, 3.8) is 0 Å². The number of carbonyl (C=O) groups is 1. The van der Waals surface area contributed by atoms with Crippen molar-refractivity contribution >= 4 is 15.8 Å². The topological polar surface area (TPSA) is 97.0 Å². The van der Waals surface area contributed by atoms with Gasteiger partial charge in [0.05, 0.1) is 36.4 Å². The zero-order chi connectivity index (χ0) is 26.5. The molecular weight excluding hydrogens is 490 g/mol. The number of hydrogen-bond acceptors (Lipinski definition) is 7. The molecule has 9 heteroatoms. The lowest BCUT2D eigenvalue weighted by molar-refractivity contribution is -0.118. The van der Waals surface area contributed by atoms with Crippen molar-refractivity contribution in [1.82, 2.24) is 15.2 Å². The Morgan fingerprint density at radius 1 is 1.03 bits per heavy atom. The van der Waals surface area contributed by atoms with Crippen LogP contribution in [0.2, 0.25) is 0 Å². The predicted octanol–water partition coefficient (Wildman–Crippen LogP) is 3.94. The molecule has 5 rings (SSSR count). The fourth-order valence-electron chi connectivity index (χ4n) is 5.54. The van der Waals surface area contributed by atoms with Crippen LogP contribution in [0, 0.1) is 12.3 Å². The number of nitrogens with zero attached hydrogens (tertiary/aromatic N) is 1. The normalized spacial score (nSPS) is 20.5. The number of ether oxygens (including phenoxy) is 2. The van der Waals surface area contributed by atoms with Gasteiger partial charge in [0.2, 0.25) is 0 Å². The lowest BCUT2D eigenvalue weighted by atomic mass is 9.72. The number of aryl methyl sites for hydroxylation is 1. The molecule has 37 heavy (non-hydrogen) atoms. The first kappa shape index (κ1) is 25.4. The monoisotopic (exact) mass is 523 g/mol. The van der Waals surface area contributed by atoms with Crippen LogP contribution >= 0.6 is 0 Å². The van der Waals surface area contributed by atoms with Gasteiger partial charge in [0.15, 0.2) is 17.3 Å². The zero-order valence-corrected chi connectivity index (χ0v) is 22.7. The van der Waals surface area contributed by atoms with Crippen LogP contribution < -0.4 is 19.7 Å². The van der Waals surface area contributed by atoms with Gasteiger partial charge >= 0.3 is 0 Å². The van der Waals surface area contributed by atoms with E-state index in [-0.39, 0.29) is 22.1 Å². The van der Waals surface area contributed by atoms with E-state index in [4.69, 9.17) is 9.47 Å². The minimum absolute atomic E-state index is 0.0103. The van der Waals surface area contributed by atoms with E-state index in [0.717, 1.165) is 41.8 Å². The molecule has 0 amide bonds. The number of sulfonamides is 1. The maximum atomic E-state index is 13.4. The molecule has 0 bridgehead atoms. The molecule has 2 aliphatic heterocycles. The Bertz CT molecular complexity index is 1420. The number of benzene rings is 2. The van der Waals surface area contributed by atoms with Gasteiger partial charge in [0.1, 0.15) is 0 Å². The van der Waals surface area contributed by atoms with E-state index in [2.05, 4.69) is 29.0 Å². The van der Waals surface area contributed by atoms with E-state index in [1.165, 1.54) is 0 Å². The summed E-state index contributed by atoms with van der Waals surface area (Å²) in [5, 5.41) is 0. The second-order valence-electron chi connectivity index (χ2n) is 10.7. The third-order valence-corrected chi connectivity index (χ3v) is 8.63. The number of hydrazine groups is 1. The van der Waals surface area contributed by atoms with E-state index in [0.29, 0.717) is 29.2 Å². The van der Waals surface area contributed by atoms with Gasteiger partial charge in [-0.2, -0.15) is 0 Å². The smallest absolute Gasteiger partial charge is 0.257 e. The number of fused-ring (bicyclic) bond motifs is 4. The maximum Gasteiger partial charge on any atom is 0.257 e. The van der Waals surface area contributed by atoms with E-state index in [1.54, 1.807) is 38.5 Å². The molecule has 2 aromatic carbocycles. The van der Waals surface area contributed by atoms with Gasteiger partial charge in [-0.25, -0.2) is 8.42 Å².